The van der Waals surface area contributed by atoms with E-state index in [1.54, 1.807) is 26.2 Å². The summed E-state index contributed by atoms with van der Waals surface area (Å²) in [6.07, 6.45) is 0. The lowest BCUT2D eigenvalue weighted by atomic mass is 10.2. The zero-order chi connectivity index (χ0) is 18.5. The minimum absolute atomic E-state index is 0.189. The highest BCUT2D eigenvalue weighted by Crippen LogP contribution is 2.25. The van der Waals surface area contributed by atoms with Crippen molar-refractivity contribution in [3.05, 3.63) is 71.1 Å². The Hall–Kier alpha value is -3.28. The topological polar surface area (TPSA) is 73.6 Å². The van der Waals surface area contributed by atoms with Crippen LogP contribution in [0, 0.1) is 13.8 Å². The number of anilines is 1. The molecule has 0 spiro atoms. The molecule has 1 N–H and O–H groups in total. The second-order valence-corrected chi connectivity index (χ2v) is 5.77. The monoisotopic (exact) mass is 352 g/mol. The molecule has 0 unspecified atom stereocenters. The first kappa shape index (κ1) is 17.5. The van der Waals surface area contributed by atoms with Gasteiger partial charge in [-0.1, -0.05) is 35.5 Å². The number of methoxy groups -OCH3 is 1. The number of carbonyl (C=O) groups is 1. The lowest BCUT2D eigenvalue weighted by Gasteiger charge is -2.10. The number of ether oxygens (including phenoxy) is 2. The largest absolute Gasteiger partial charge is 0.495 e. The minimum Gasteiger partial charge on any atom is -0.495 e. The minimum atomic E-state index is -0.380. The molecular weight excluding hydrogens is 332 g/mol. The smallest absolute Gasteiger partial charge is 0.278 e. The van der Waals surface area contributed by atoms with Crippen LogP contribution in [0.5, 0.6) is 11.5 Å². The van der Waals surface area contributed by atoms with Gasteiger partial charge in [0.1, 0.15) is 23.9 Å². The Morgan fingerprint density at radius 1 is 1.08 bits per heavy atom. The summed E-state index contributed by atoms with van der Waals surface area (Å²) in [5.74, 6) is 1.49. The van der Waals surface area contributed by atoms with E-state index in [1.807, 2.05) is 43.3 Å². The number of rotatable bonds is 6. The fraction of sp³-hybridized carbons (Fsp3) is 0.200. The number of amides is 1. The van der Waals surface area contributed by atoms with Gasteiger partial charge in [-0.15, -0.1) is 0 Å². The highest BCUT2D eigenvalue weighted by Gasteiger charge is 2.21. The van der Waals surface area contributed by atoms with Crippen molar-refractivity contribution in [2.45, 2.75) is 20.5 Å². The highest BCUT2D eigenvalue weighted by molar-refractivity contribution is 6.04. The number of nitrogens with zero attached hydrogens (tertiary/aromatic N) is 1. The summed E-state index contributed by atoms with van der Waals surface area (Å²) in [7, 11) is 1.55. The average molecular weight is 352 g/mol. The highest BCUT2D eigenvalue weighted by atomic mass is 16.5. The molecule has 0 bridgehead atoms. The fourth-order valence-corrected chi connectivity index (χ4v) is 2.54. The van der Waals surface area contributed by atoms with Gasteiger partial charge in [0.25, 0.3) is 5.91 Å². The van der Waals surface area contributed by atoms with Gasteiger partial charge in [-0.05, 0) is 37.6 Å². The number of aryl methyl sites for hydroxylation is 2. The van der Waals surface area contributed by atoms with Crippen LogP contribution >= 0.6 is 0 Å². The molecule has 2 aromatic carbocycles. The lowest BCUT2D eigenvalue weighted by Crippen LogP contribution is -2.16. The first-order valence-corrected chi connectivity index (χ1v) is 8.18. The zero-order valence-electron chi connectivity index (χ0n) is 14.9. The van der Waals surface area contributed by atoms with Gasteiger partial charge in [0, 0.05) is 0 Å². The quantitative estimate of drug-likeness (QED) is 0.722. The summed E-state index contributed by atoms with van der Waals surface area (Å²) in [6.45, 7) is 3.91. The van der Waals surface area contributed by atoms with E-state index < -0.39 is 0 Å². The second kappa shape index (κ2) is 7.74. The molecule has 0 aliphatic carbocycles. The number of hydrogen-bond acceptors (Lipinski definition) is 5. The molecule has 3 aromatic rings. The lowest BCUT2D eigenvalue weighted by molar-refractivity contribution is 0.101. The van der Waals surface area contributed by atoms with Crippen LogP contribution in [0.2, 0.25) is 0 Å². The first-order valence-electron chi connectivity index (χ1n) is 8.18. The van der Waals surface area contributed by atoms with Crippen molar-refractivity contribution >= 4 is 11.6 Å². The Morgan fingerprint density at radius 2 is 1.77 bits per heavy atom. The number of aromatic nitrogens is 1. The third kappa shape index (κ3) is 3.69. The van der Waals surface area contributed by atoms with E-state index >= 15 is 0 Å². The summed E-state index contributed by atoms with van der Waals surface area (Å²) in [6, 6.07) is 14.9. The summed E-state index contributed by atoms with van der Waals surface area (Å²) >= 11 is 0. The predicted octanol–water partition coefficient (Wildman–Crippen LogP) is 4.13. The maximum Gasteiger partial charge on any atom is 0.278 e. The van der Waals surface area contributed by atoms with E-state index in [-0.39, 0.29) is 18.2 Å². The normalized spacial score (nSPS) is 10.4. The van der Waals surface area contributed by atoms with E-state index in [1.165, 1.54) is 0 Å². The van der Waals surface area contributed by atoms with Gasteiger partial charge in [0.05, 0.1) is 18.4 Å². The zero-order valence-corrected chi connectivity index (χ0v) is 14.9. The van der Waals surface area contributed by atoms with Gasteiger partial charge in [0.15, 0.2) is 5.69 Å². The van der Waals surface area contributed by atoms with Crippen molar-refractivity contribution in [3.63, 3.8) is 0 Å². The summed E-state index contributed by atoms with van der Waals surface area (Å²) in [4.78, 5) is 12.6. The van der Waals surface area contributed by atoms with Crippen LogP contribution in [0.15, 0.2) is 53.1 Å². The molecule has 0 saturated heterocycles. The molecule has 0 aliphatic heterocycles. The maximum absolute atomic E-state index is 12.6. The number of para-hydroxylation sites is 3. The standard InChI is InChI=1S/C20H20N2O4/c1-13-8-4-6-10-17(13)25-12-15-14(2)26-22-19(15)20(23)21-16-9-5-7-11-18(16)24-3/h4-11H,12H2,1-3H3,(H,21,23). The molecule has 0 aliphatic rings. The second-order valence-electron chi connectivity index (χ2n) is 5.77. The Kier molecular flexibility index (Phi) is 5.22. The number of nitrogens with one attached hydrogen (secondary N) is 1. The molecule has 6 heteroatoms. The van der Waals surface area contributed by atoms with Gasteiger partial charge in [-0.2, -0.15) is 0 Å². The van der Waals surface area contributed by atoms with E-state index in [9.17, 15) is 4.79 Å². The van der Waals surface area contributed by atoms with Crippen LogP contribution in [0.4, 0.5) is 5.69 Å². The van der Waals surface area contributed by atoms with Crippen molar-refractivity contribution in [3.8, 4) is 11.5 Å². The third-order valence-corrected chi connectivity index (χ3v) is 4.02. The molecule has 0 atom stereocenters. The predicted molar refractivity (Wildman–Crippen MR) is 97.7 cm³/mol. The van der Waals surface area contributed by atoms with Crippen LogP contribution in [0.25, 0.3) is 0 Å². The Balaban J connectivity index is 1.79. The van der Waals surface area contributed by atoms with Crippen LogP contribution in [0.3, 0.4) is 0 Å². The van der Waals surface area contributed by atoms with Crippen molar-refractivity contribution in [1.82, 2.24) is 5.16 Å². The molecule has 3 rings (SSSR count). The van der Waals surface area contributed by atoms with Crippen molar-refractivity contribution in [2.24, 2.45) is 0 Å². The van der Waals surface area contributed by atoms with Crippen LogP contribution in [-0.4, -0.2) is 18.2 Å². The molecule has 1 amide bonds. The molecule has 6 nitrogen and oxygen atoms in total. The van der Waals surface area contributed by atoms with Crippen molar-refractivity contribution < 1.29 is 18.8 Å². The van der Waals surface area contributed by atoms with Crippen molar-refractivity contribution in [2.75, 3.05) is 12.4 Å². The van der Waals surface area contributed by atoms with Gasteiger partial charge in [0.2, 0.25) is 0 Å². The Morgan fingerprint density at radius 3 is 2.50 bits per heavy atom. The Labute approximate surface area is 151 Å². The van der Waals surface area contributed by atoms with E-state index in [0.717, 1.165) is 11.3 Å². The molecule has 134 valence electrons. The van der Waals surface area contributed by atoms with E-state index in [4.69, 9.17) is 14.0 Å². The molecule has 26 heavy (non-hydrogen) atoms. The van der Waals surface area contributed by atoms with Gasteiger partial charge in [-0.25, -0.2) is 0 Å². The van der Waals surface area contributed by atoms with Crippen LogP contribution in [-0.2, 0) is 6.61 Å². The van der Waals surface area contributed by atoms with Crippen molar-refractivity contribution in [1.29, 1.82) is 0 Å². The van der Waals surface area contributed by atoms with Gasteiger partial charge < -0.3 is 19.3 Å². The molecular formula is C20H20N2O4. The SMILES string of the molecule is COc1ccccc1NC(=O)c1noc(C)c1COc1ccccc1C. The molecule has 0 saturated carbocycles. The molecule has 0 fully saturated rings. The number of benzene rings is 2. The summed E-state index contributed by atoms with van der Waals surface area (Å²) < 4.78 is 16.3. The average Bonchev–Trinajstić information content (AvgIpc) is 3.02. The fourth-order valence-electron chi connectivity index (χ4n) is 2.54. The van der Waals surface area contributed by atoms with Gasteiger partial charge >= 0.3 is 0 Å². The molecule has 0 radical (unpaired) electrons. The first-order chi connectivity index (χ1) is 12.6. The van der Waals surface area contributed by atoms with E-state index in [0.29, 0.717) is 22.8 Å². The molecule has 1 heterocycles. The number of carbonyl (C=O) groups excluding carboxylic acids is 1. The Bertz CT molecular complexity index is 918. The van der Waals surface area contributed by atoms with Gasteiger partial charge in [-0.3, -0.25) is 4.79 Å². The van der Waals surface area contributed by atoms with E-state index in [2.05, 4.69) is 10.5 Å². The molecule has 1 aromatic heterocycles. The summed E-state index contributed by atoms with van der Waals surface area (Å²) in [5, 5.41) is 6.69. The summed E-state index contributed by atoms with van der Waals surface area (Å²) in [5.41, 5.74) is 2.38. The van der Waals surface area contributed by atoms with Crippen LogP contribution < -0.4 is 14.8 Å². The third-order valence-electron chi connectivity index (χ3n) is 4.02. The number of hydrogen-bond donors (Lipinski definition) is 1. The van der Waals surface area contributed by atoms with Crippen LogP contribution in [0.1, 0.15) is 27.4 Å². The maximum atomic E-state index is 12.6.